The molecule has 0 aliphatic heterocycles. The average molecular weight is 449 g/mol. The molecular formula is C20H12BrClFNO3. The number of benzene rings is 3. The van der Waals surface area contributed by atoms with Gasteiger partial charge in [0.25, 0.3) is 5.91 Å². The van der Waals surface area contributed by atoms with Crippen LogP contribution in [0.25, 0.3) is 0 Å². The number of rotatable bonds is 4. The maximum atomic E-state index is 13.8. The molecule has 0 aliphatic carbocycles. The highest BCUT2D eigenvalue weighted by atomic mass is 79.9. The van der Waals surface area contributed by atoms with Gasteiger partial charge in [0.15, 0.2) is 0 Å². The van der Waals surface area contributed by atoms with Gasteiger partial charge in [-0.05, 0) is 54.6 Å². The molecule has 1 amide bonds. The molecule has 3 aromatic carbocycles. The van der Waals surface area contributed by atoms with E-state index in [0.29, 0.717) is 20.7 Å². The molecule has 4 nitrogen and oxygen atoms in total. The zero-order valence-electron chi connectivity index (χ0n) is 13.7. The van der Waals surface area contributed by atoms with Gasteiger partial charge in [-0.2, -0.15) is 0 Å². The van der Waals surface area contributed by atoms with Gasteiger partial charge in [0, 0.05) is 10.2 Å². The summed E-state index contributed by atoms with van der Waals surface area (Å²) in [5, 5.41) is 3.04. The number of esters is 1. The van der Waals surface area contributed by atoms with Crippen molar-refractivity contribution in [1.82, 2.24) is 0 Å². The summed E-state index contributed by atoms with van der Waals surface area (Å²) in [6.45, 7) is 0. The second-order valence-corrected chi connectivity index (χ2v) is 6.79. The number of anilines is 1. The molecule has 3 rings (SSSR count). The molecule has 7 heteroatoms. The van der Waals surface area contributed by atoms with Crippen LogP contribution in [0.2, 0.25) is 5.02 Å². The molecule has 0 saturated carbocycles. The summed E-state index contributed by atoms with van der Waals surface area (Å²) in [6.07, 6.45) is 0. The lowest BCUT2D eigenvalue weighted by atomic mass is 10.2. The second kappa shape index (κ2) is 8.33. The van der Waals surface area contributed by atoms with Crippen molar-refractivity contribution in [2.45, 2.75) is 0 Å². The molecule has 0 aromatic heterocycles. The number of carbonyl (C=O) groups excluding carboxylic acids is 2. The molecule has 0 heterocycles. The van der Waals surface area contributed by atoms with Gasteiger partial charge in [0.1, 0.15) is 11.6 Å². The molecule has 0 spiro atoms. The SMILES string of the molecule is O=C(Oc1ccc(NC(=O)c2ccccc2Cl)cc1)c1ccc(Br)cc1F. The fourth-order valence-electron chi connectivity index (χ4n) is 2.27. The third kappa shape index (κ3) is 4.72. The van der Waals surface area contributed by atoms with Crippen LogP contribution >= 0.6 is 27.5 Å². The predicted octanol–water partition coefficient (Wildman–Crippen LogP) is 5.71. The lowest BCUT2D eigenvalue weighted by Gasteiger charge is -2.09. The van der Waals surface area contributed by atoms with Crippen LogP contribution in [0.15, 0.2) is 71.2 Å². The van der Waals surface area contributed by atoms with Gasteiger partial charge in [0.05, 0.1) is 16.1 Å². The minimum absolute atomic E-state index is 0.172. The number of ether oxygens (including phenoxy) is 1. The molecule has 0 bridgehead atoms. The van der Waals surface area contributed by atoms with E-state index < -0.39 is 11.8 Å². The number of amides is 1. The Morgan fingerprint density at radius 2 is 1.67 bits per heavy atom. The van der Waals surface area contributed by atoms with Crippen LogP contribution in [-0.4, -0.2) is 11.9 Å². The Kier molecular flexibility index (Phi) is 5.88. The zero-order chi connectivity index (χ0) is 19.4. The molecule has 3 aromatic rings. The van der Waals surface area contributed by atoms with E-state index in [0.717, 1.165) is 0 Å². The fraction of sp³-hybridized carbons (Fsp3) is 0. The van der Waals surface area contributed by atoms with Crippen LogP contribution in [0.1, 0.15) is 20.7 Å². The van der Waals surface area contributed by atoms with Gasteiger partial charge in [-0.15, -0.1) is 0 Å². The van der Waals surface area contributed by atoms with Gasteiger partial charge < -0.3 is 10.1 Å². The summed E-state index contributed by atoms with van der Waals surface area (Å²) in [5.41, 5.74) is 0.671. The van der Waals surface area contributed by atoms with Crippen molar-refractivity contribution < 1.29 is 18.7 Å². The van der Waals surface area contributed by atoms with Gasteiger partial charge >= 0.3 is 5.97 Å². The highest BCUT2D eigenvalue weighted by Crippen LogP contribution is 2.21. The van der Waals surface area contributed by atoms with Crippen molar-refractivity contribution in [3.05, 3.63) is 93.2 Å². The maximum Gasteiger partial charge on any atom is 0.346 e. The first-order chi connectivity index (χ1) is 12.9. The first-order valence-corrected chi connectivity index (χ1v) is 8.94. The first kappa shape index (κ1) is 19.1. The van der Waals surface area contributed by atoms with Crippen LogP contribution in [0.4, 0.5) is 10.1 Å². The number of hydrogen-bond donors (Lipinski definition) is 1. The minimum atomic E-state index is -0.812. The number of halogens is 3. The van der Waals surface area contributed by atoms with Crippen molar-refractivity contribution in [3.8, 4) is 5.75 Å². The summed E-state index contributed by atoms with van der Waals surface area (Å²) in [4.78, 5) is 24.3. The lowest BCUT2D eigenvalue weighted by Crippen LogP contribution is -2.13. The third-order valence-electron chi connectivity index (χ3n) is 3.59. The van der Waals surface area contributed by atoms with Crippen molar-refractivity contribution in [1.29, 1.82) is 0 Å². The van der Waals surface area contributed by atoms with Gasteiger partial charge in [-0.1, -0.05) is 39.7 Å². The molecule has 1 N–H and O–H groups in total. The number of carbonyl (C=O) groups is 2. The van der Waals surface area contributed by atoms with E-state index in [1.165, 1.54) is 24.3 Å². The Morgan fingerprint density at radius 1 is 0.963 bits per heavy atom. The standard InChI is InChI=1S/C20H12BrClFNO3/c21-12-5-10-16(18(23)11-12)20(26)27-14-8-6-13(7-9-14)24-19(25)15-3-1-2-4-17(15)22/h1-11H,(H,24,25). The lowest BCUT2D eigenvalue weighted by molar-refractivity contribution is 0.0729. The Bertz CT molecular complexity index is 1010. The van der Waals surface area contributed by atoms with Crippen molar-refractivity contribution >= 4 is 45.1 Å². The Balaban J connectivity index is 1.67. The Hall–Kier alpha value is -2.70. The molecule has 0 fully saturated rings. The minimum Gasteiger partial charge on any atom is -0.423 e. The van der Waals surface area contributed by atoms with E-state index in [1.54, 1.807) is 42.5 Å². The summed E-state index contributed by atoms with van der Waals surface area (Å²) in [7, 11) is 0. The van der Waals surface area contributed by atoms with Crippen LogP contribution < -0.4 is 10.1 Å². The number of hydrogen-bond acceptors (Lipinski definition) is 3. The van der Waals surface area contributed by atoms with E-state index in [-0.39, 0.29) is 17.2 Å². The molecule has 0 saturated heterocycles. The van der Waals surface area contributed by atoms with Crippen LogP contribution in [0, 0.1) is 5.82 Å². The Morgan fingerprint density at radius 3 is 2.33 bits per heavy atom. The van der Waals surface area contributed by atoms with Gasteiger partial charge in [-0.3, -0.25) is 4.79 Å². The maximum absolute atomic E-state index is 13.8. The summed E-state index contributed by atoms with van der Waals surface area (Å²) < 4.78 is 19.5. The molecular weight excluding hydrogens is 437 g/mol. The molecule has 0 radical (unpaired) electrons. The van der Waals surface area contributed by atoms with E-state index in [4.69, 9.17) is 16.3 Å². The van der Waals surface area contributed by atoms with E-state index in [1.807, 2.05) is 0 Å². The quantitative estimate of drug-likeness (QED) is 0.411. The largest absolute Gasteiger partial charge is 0.423 e. The second-order valence-electron chi connectivity index (χ2n) is 5.47. The average Bonchev–Trinajstić information content (AvgIpc) is 2.63. The molecule has 136 valence electrons. The molecule has 27 heavy (non-hydrogen) atoms. The monoisotopic (exact) mass is 447 g/mol. The smallest absolute Gasteiger partial charge is 0.346 e. The third-order valence-corrected chi connectivity index (χ3v) is 4.42. The van der Waals surface area contributed by atoms with Gasteiger partial charge in [0.2, 0.25) is 0 Å². The zero-order valence-corrected chi connectivity index (χ0v) is 16.1. The number of nitrogens with one attached hydrogen (secondary N) is 1. The highest BCUT2D eigenvalue weighted by molar-refractivity contribution is 9.10. The van der Waals surface area contributed by atoms with Crippen molar-refractivity contribution in [2.24, 2.45) is 0 Å². The summed E-state index contributed by atoms with van der Waals surface area (Å²) in [6, 6.07) is 16.9. The fourth-order valence-corrected chi connectivity index (χ4v) is 2.82. The topological polar surface area (TPSA) is 55.4 Å². The highest BCUT2D eigenvalue weighted by Gasteiger charge is 2.15. The van der Waals surface area contributed by atoms with Crippen LogP contribution in [0.3, 0.4) is 0 Å². The predicted molar refractivity (Wildman–Crippen MR) is 105 cm³/mol. The van der Waals surface area contributed by atoms with Gasteiger partial charge in [-0.25, -0.2) is 9.18 Å². The Labute approximate surface area is 168 Å². The molecule has 0 aliphatic rings. The van der Waals surface area contributed by atoms with Crippen LogP contribution in [0.5, 0.6) is 5.75 Å². The van der Waals surface area contributed by atoms with E-state index in [2.05, 4.69) is 21.2 Å². The first-order valence-electron chi connectivity index (χ1n) is 7.77. The van der Waals surface area contributed by atoms with Crippen LogP contribution in [-0.2, 0) is 0 Å². The molecule has 0 unspecified atom stereocenters. The normalized spacial score (nSPS) is 10.3. The molecule has 0 atom stereocenters. The van der Waals surface area contributed by atoms with Crippen molar-refractivity contribution in [3.63, 3.8) is 0 Å². The van der Waals surface area contributed by atoms with E-state index >= 15 is 0 Å². The van der Waals surface area contributed by atoms with E-state index in [9.17, 15) is 14.0 Å². The van der Waals surface area contributed by atoms with Crippen molar-refractivity contribution in [2.75, 3.05) is 5.32 Å². The summed E-state index contributed by atoms with van der Waals surface area (Å²) in [5.74, 6) is -1.63. The summed E-state index contributed by atoms with van der Waals surface area (Å²) >= 11 is 9.12.